The summed E-state index contributed by atoms with van der Waals surface area (Å²) in [4.78, 5) is 15.0. The van der Waals surface area contributed by atoms with Crippen molar-refractivity contribution < 1.29 is 14.6 Å². The predicted octanol–water partition coefficient (Wildman–Crippen LogP) is 0.376. The van der Waals surface area contributed by atoms with Crippen LogP contribution >= 0.6 is 0 Å². The van der Waals surface area contributed by atoms with Gasteiger partial charge in [-0.25, -0.2) is 4.98 Å². The second-order valence-electron chi connectivity index (χ2n) is 4.73. The number of methoxy groups -OCH3 is 1. The Balaban J connectivity index is 2.02. The van der Waals surface area contributed by atoms with Crippen LogP contribution in [-0.4, -0.2) is 50.5 Å². The average Bonchev–Trinajstić information content (AvgIpc) is 3.10. The van der Waals surface area contributed by atoms with E-state index in [4.69, 9.17) is 20.7 Å². The van der Waals surface area contributed by atoms with Gasteiger partial charge in [0.1, 0.15) is 6.23 Å². The molecule has 1 aliphatic rings. The summed E-state index contributed by atoms with van der Waals surface area (Å²) in [6.07, 6.45) is 0.880. The van der Waals surface area contributed by atoms with Gasteiger partial charge in [-0.1, -0.05) is 5.11 Å². The molecule has 1 aliphatic heterocycles. The molecule has 11 heteroatoms. The van der Waals surface area contributed by atoms with Crippen LogP contribution in [0.25, 0.3) is 21.6 Å². The molecule has 3 N–H and O–H groups in total. The highest BCUT2D eigenvalue weighted by atomic mass is 16.5. The molecule has 1 saturated heterocycles. The van der Waals surface area contributed by atoms with Crippen molar-refractivity contribution in [3.8, 4) is 5.88 Å². The molecule has 3 rings (SSSR count). The smallest absolute Gasteiger partial charge is 0.245 e. The number of hydrogen-bond donors (Lipinski definition) is 2. The fourth-order valence-electron chi connectivity index (χ4n) is 2.53. The normalized spacial score (nSPS) is 24.4. The molecule has 11 nitrogen and oxygen atoms in total. The molecule has 0 amide bonds. The summed E-state index contributed by atoms with van der Waals surface area (Å²) in [5.74, 6) is 0.332. The van der Waals surface area contributed by atoms with E-state index in [0.717, 1.165) is 0 Å². The minimum atomic E-state index is -0.570. The van der Waals surface area contributed by atoms with Gasteiger partial charge in [0, 0.05) is 11.3 Å². The zero-order valence-electron chi connectivity index (χ0n) is 11.7. The Labute approximate surface area is 124 Å². The molecule has 0 saturated carbocycles. The molecular weight excluding hydrogens is 292 g/mol. The van der Waals surface area contributed by atoms with Crippen LogP contribution in [0.1, 0.15) is 12.6 Å². The Morgan fingerprint density at radius 1 is 1.64 bits per heavy atom. The molecular formula is C11H14N8O3. The van der Waals surface area contributed by atoms with E-state index in [0.29, 0.717) is 17.6 Å². The summed E-state index contributed by atoms with van der Waals surface area (Å²) in [6.45, 7) is -0.243. The Bertz CT molecular complexity index is 740. The largest absolute Gasteiger partial charge is 0.479 e. The van der Waals surface area contributed by atoms with E-state index in [2.05, 4.69) is 25.0 Å². The van der Waals surface area contributed by atoms with Gasteiger partial charge in [-0.05, 0) is 5.53 Å². The first-order chi connectivity index (χ1) is 10.7. The van der Waals surface area contributed by atoms with Crippen LogP contribution in [-0.2, 0) is 4.74 Å². The van der Waals surface area contributed by atoms with E-state index in [9.17, 15) is 5.11 Å². The summed E-state index contributed by atoms with van der Waals surface area (Å²) in [5, 5.41) is 13.0. The lowest BCUT2D eigenvalue weighted by molar-refractivity contribution is -0.0232. The molecule has 1 unspecified atom stereocenters. The monoisotopic (exact) mass is 306 g/mol. The van der Waals surface area contributed by atoms with Crippen LogP contribution in [0.3, 0.4) is 0 Å². The van der Waals surface area contributed by atoms with Crippen LogP contribution in [0, 0.1) is 0 Å². The third-order valence-electron chi connectivity index (χ3n) is 3.50. The Morgan fingerprint density at radius 2 is 2.45 bits per heavy atom. The topological polar surface area (TPSA) is 157 Å². The van der Waals surface area contributed by atoms with E-state index in [-0.39, 0.29) is 18.4 Å². The highest BCUT2D eigenvalue weighted by Gasteiger charge is 2.36. The van der Waals surface area contributed by atoms with Gasteiger partial charge in [-0.3, -0.25) is 4.57 Å². The van der Waals surface area contributed by atoms with Crippen LogP contribution < -0.4 is 10.5 Å². The number of fused-ring (bicyclic) bond motifs is 1. The maximum absolute atomic E-state index is 9.33. The minimum Gasteiger partial charge on any atom is -0.479 e. The van der Waals surface area contributed by atoms with Crippen molar-refractivity contribution in [1.29, 1.82) is 0 Å². The van der Waals surface area contributed by atoms with Crippen molar-refractivity contribution in [2.45, 2.75) is 24.8 Å². The van der Waals surface area contributed by atoms with Crippen LogP contribution in [0.5, 0.6) is 5.88 Å². The van der Waals surface area contributed by atoms with Gasteiger partial charge in [-0.2, -0.15) is 9.97 Å². The number of aliphatic hydroxyl groups is 1. The number of nitrogens with zero attached hydrogens (tertiary/aromatic N) is 7. The Kier molecular flexibility index (Phi) is 3.67. The molecule has 22 heavy (non-hydrogen) atoms. The quantitative estimate of drug-likeness (QED) is 0.469. The van der Waals surface area contributed by atoms with E-state index < -0.39 is 18.4 Å². The van der Waals surface area contributed by atoms with E-state index in [1.807, 2.05) is 0 Å². The lowest BCUT2D eigenvalue weighted by atomic mass is 10.1. The molecule has 3 atom stereocenters. The molecule has 3 heterocycles. The summed E-state index contributed by atoms with van der Waals surface area (Å²) in [7, 11) is 1.47. The maximum Gasteiger partial charge on any atom is 0.245 e. The highest BCUT2D eigenvalue weighted by molar-refractivity contribution is 5.77. The number of aromatic nitrogens is 4. The fraction of sp³-hybridized carbons (Fsp3) is 0.545. The number of ether oxygens (including phenoxy) is 2. The minimum absolute atomic E-state index is 0.0575. The zero-order chi connectivity index (χ0) is 15.7. The van der Waals surface area contributed by atoms with Crippen molar-refractivity contribution >= 4 is 17.1 Å². The number of rotatable bonds is 4. The lowest BCUT2D eigenvalue weighted by Crippen LogP contribution is -2.22. The second kappa shape index (κ2) is 5.64. The number of nitrogen functional groups attached to an aromatic ring is 1. The van der Waals surface area contributed by atoms with E-state index in [1.165, 1.54) is 13.4 Å². The number of imidazole rings is 1. The van der Waals surface area contributed by atoms with Crippen molar-refractivity contribution in [3.05, 3.63) is 16.8 Å². The predicted molar refractivity (Wildman–Crippen MR) is 74.8 cm³/mol. The molecule has 0 aliphatic carbocycles. The van der Waals surface area contributed by atoms with Crippen LogP contribution in [0.15, 0.2) is 11.4 Å². The first-order valence-electron chi connectivity index (χ1n) is 6.52. The summed E-state index contributed by atoms with van der Waals surface area (Å²) < 4.78 is 12.6. The van der Waals surface area contributed by atoms with Gasteiger partial charge >= 0.3 is 0 Å². The molecule has 2 aromatic heterocycles. The van der Waals surface area contributed by atoms with Crippen molar-refractivity contribution in [2.75, 3.05) is 19.5 Å². The summed E-state index contributed by atoms with van der Waals surface area (Å²) in [6, 6.07) is -0.460. The third kappa shape index (κ3) is 2.26. The third-order valence-corrected chi connectivity index (χ3v) is 3.50. The Hall–Kier alpha value is -2.62. The number of azide groups is 1. The van der Waals surface area contributed by atoms with E-state index in [1.54, 1.807) is 4.57 Å². The van der Waals surface area contributed by atoms with Crippen LogP contribution in [0.2, 0.25) is 0 Å². The van der Waals surface area contributed by atoms with Gasteiger partial charge < -0.3 is 20.3 Å². The summed E-state index contributed by atoms with van der Waals surface area (Å²) in [5.41, 5.74) is 15.1. The molecule has 116 valence electrons. The van der Waals surface area contributed by atoms with E-state index >= 15 is 0 Å². The van der Waals surface area contributed by atoms with Gasteiger partial charge in [-0.15, -0.1) is 0 Å². The van der Waals surface area contributed by atoms with Gasteiger partial charge in [0.15, 0.2) is 11.2 Å². The van der Waals surface area contributed by atoms with Crippen molar-refractivity contribution in [1.82, 2.24) is 19.5 Å². The van der Waals surface area contributed by atoms with Crippen LogP contribution in [0.4, 0.5) is 5.95 Å². The van der Waals surface area contributed by atoms with Crippen molar-refractivity contribution in [3.63, 3.8) is 0 Å². The SMILES string of the molecule is COc1nc(N)nc2ncn([C@H]3CC(N=[N+]=[N-])[C@@H](CO)O3)c12. The molecule has 0 radical (unpaired) electrons. The second-order valence-corrected chi connectivity index (χ2v) is 4.73. The summed E-state index contributed by atoms with van der Waals surface area (Å²) >= 11 is 0. The highest BCUT2D eigenvalue weighted by Crippen LogP contribution is 2.34. The molecule has 0 aromatic carbocycles. The maximum atomic E-state index is 9.33. The average molecular weight is 306 g/mol. The lowest BCUT2D eigenvalue weighted by Gasteiger charge is -2.15. The molecule has 0 bridgehead atoms. The molecule has 1 fully saturated rings. The standard InChI is InChI=1S/C11H14N8O3/c1-21-10-8-9(15-11(12)16-10)14-4-19(8)7-2-5(17-18-13)6(3-20)22-7/h4-7,20H,2-3H2,1H3,(H2,12,15,16)/t5?,6-,7-/m1/s1. The molecule has 2 aromatic rings. The fourth-order valence-corrected chi connectivity index (χ4v) is 2.53. The van der Waals surface area contributed by atoms with Gasteiger partial charge in [0.25, 0.3) is 0 Å². The van der Waals surface area contributed by atoms with Gasteiger partial charge in [0.05, 0.1) is 32.2 Å². The van der Waals surface area contributed by atoms with Crippen molar-refractivity contribution in [2.24, 2.45) is 5.11 Å². The van der Waals surface area contributed by atoms with Gasteiger partial charge in [0.2, 0.25) is 11.8 Å². The first kappa shape index (κ1) is 14.3. The molecule has 0 spiro atoms. The number of hydrogen-bond acceptors (Lipinski definition) is 8. The zero-order valence-corrected chi connectivity index (χ0v) is 11.7. The first-order valence-corrected chi connectivity index (χ1v) is 6.52. The number of aliphatic hydroxyl groups excluding tert-OH is 1. The Morgan fingerprint density at radius 3 is 3.14 bits per heavy atom. The number of nitrogens with two attached hydrogens (primary N) is 1. The number of anilines is 1.